The van der Waals surface area contributed by atoms with Crippen LogP contribution in [0.5, 0.6) is 0 Å². The lowest BCUT2D eigenvalue weighted by Gasteiger charge is -2.21. The van der Waals surface area contributed by atoms with Crippen molar-refractivity contribution in [2.75, 3.05) is 39.6 Å². The summed E-state index contributed by atoms with van der Waals surface area (Å²) in [6.07, 6.45) is 18.7. The van der Waals surface area contributed by atoms with E-state index in [2.05, 4.69) is 39.8 Å². The number of hydrogen-bond acceptors (Lipinski definition) is 7. The topological polar surface area (TPSA) is 64.6 Å². The minimum absolute atomic E-state index is 0.168. The van der Waals surface area contributed by atoms with E-state index in [1.54, 1.807) is 0 Å². The van der Waals surface area contributed by atoms with Crippen LogP contribution in [0.15, 0.2) is 24.3 Å². The molecule has 0 bridgehead atoms. The molecule has 0 N–H and O–H groups in total. The van der Waals surface area contributed by atoms with Gasteiger partial charge in [-0.05, 0) is 64.5 Å². The van der Waals surface area contributed by atoms with Gasteiger partial charge in [-0.3, -0.25) is 0 Å². The normalized spacial score (nSPS) is 13.9. The third-order valence-electron chi connectivity index (χ3n) is 5.86. The van der Waals surface area contributed by atoms with Crippen LogP contribution >= 0.6 is 0 Å². The monoisotopic (exact) mass is 558 g/mol. The zero-order chi connectivity index (χ0) is 28.8. The molecular weight excluding hydrogens is 496 g/mol. The summed E-state index contributed by atoms with van der Waals surface area (Å²) in [5.74, 6) is 0. The maximum Gasteiger partial charge on any atom is 0.180 e. The summed E-state index contributed by atoms with van der Waals surface area (Å²) >= 11 is 0. The molecule has 0 heterocycles. The van der Waals surface area contributed by atoms with Gasteiger partial charge in [0.1, 0.15) is 0 Å². The van der Waals surface area contributed by atoms with Crippen LogP contribution in [0.4, 0.5) is 0 Å². The molecule has 39 heavy (non-hydrogen) atoms. The Balaban J connectivity index is 4.80. The first-order chi connectivity index (χ1) is 19.1. The van der Waals surface area contributed by atoms with E-state index in [1.165, 1.54) is 0 Å². The highest BCUT2D eigenvalue weighted by atomic mass is 16.8. The minimum Gasteiger partial charge on any atom is -0.353 e. The number of hydrogen-bond donors (Lipinski definition) is 0. The molecular formula is C32H62O7. The fraction of sp³-hybridized carbons (Fsp3) is 0.875. The average molecular weight is 559 g/mol. The van der Waals surface area contributed by atoms with Crippen molar-refractivity contribution in [3.8, 4) is 0 Å². The molecule has 0 fully saturated rings. The fourth-order valence-electron chi connectivity index (χ4n) is 3.49. The van der Waals surface area contributed by atoms with Gasteiger partial charge in [0.05, 0.1) is 0 Å². The highest BCUT2D eigenvalue weighted by Crippen LogP contribution is 2.13. The van der Waals surface area contributed by atoms with E-state index in [4.69, 9.17) is 33.2 Å². The van der Waals surface area contributed by atoms with Crippen LogP contribution in [-0.2, 0) is 33.2 Å². The van der Waals surface area contributed by atoms with Crippen molar-refractivity contribution in [3.63, 3.8) is 0 Å². The van der Waals surface area contributed by atoms with Gasteiger partial charge in [0.2, 0.25) is 0 Å². The molecule has 232 valence electrons. The van der Waals surface area contributed by atoms with Crippen molar-refractivity contribution in [3.05, 3.63) is 24.3 Å². The number of ether oxygens (including phenoxy) is 7. The lowest BCUT2D eigenvalue weighted by atomic mass is 10.2. The zero-order valence-electron chi connectivity index (χ0n) is 26.2. The molecule has 0 aromatic carbocycles. The second-order valence-electron chi connectivity index (χ2n) is 9.55. The van der Waals surface area contributed by atoms with Crippen LogP contribution in [0.2, 0.25) is 0 Å². The van der Waals surface area contributed by atoms with E-state index in [-0.39, 0.29) is 12.6 Å². The van der Waals surface area contributed by atoms with Crippen LogP contribution in [0.1, 0.15) is 119 Å². The van der Waals surface area contributed by atoms with Crippen LogP contribution < -0.4 is 0 Å². The van der Waals surface area contributed by atoms with Gasteiger partial charge in [-0.25, -0.2) is 0 Å². The average Bonchev–Trinajstić information content (AvgIpc) is 2.93. The standard InChI is InChI=1S/C32H62O7/c1-7-13-25-35-29(36-26-14-8-2)21-17-19-23-31(33-11-5)39-32(34-12-6)24-20-18-22-30(37-27-15-9-3)38-28-16-10-4/h19-20,23-24,29-32H,7-18,21-22,25-28H2,1-6H3. The molecule has 0 aromatic rings. The van der Waals surface area contributed by atoms with Crippen LogP contribution in [0, 0.1) is 0 Å². The molecule has 0 saturated heterocycles. The van der Waals surface area contributed by atoms with Gasteiger partial charge >= 0.3 is 0 Å². The molecule has 0 aliphatic carbocycles. The Morgan fingerprint density at radius 2 is 0.795 bits per heavy atom. The number of allylic oxidation sites excluding steroid dienone is 2. The van der Waals surface area contributed by atoms with Crippen molar-refractivity contribution in [1.82, 2.24) is 0 Å². The molecule has 0 amide bonds. The lowest BCUT2D eigenvalue weighted by Crippen LogP contribution is -2.24. The maximum atomic E-state index is 6.12. The Hall–Kier alpha value is -0.800. The van der Waals surface area contributed by atoms with E-state index < -0.39 is 12.6 Å². The third kappa shape index (κ3) is 24.7. The van der Waals surface area contributed by atoms with Gasteiger partial charge in [-0.1, -0.05) is 65.5 Å². The second-order valence-corrected chi connectivity index (χ2v) is 9.55. The van der Waals surface area contributed by atoms with E-state index in [0.717, 1.165) is 103 Å². The van der Waals surface area contributed by atoms with E-state index in [9.17, 15) is 0 Å². The highest BCUT2D eigenvalue weighted by Gasteiger charge is 2.14. The van der Waals surface area contributed by atoms with Crippen molar-refractivity contribution in [2.24, 2.45) is 0 Å². The van der Waals surface area contributed by atoms with Gasteiger partial charge in [0, 0.05) is 52.5 Å². The van der Waals surface area contributed by atoms with E-state index in [1.807, 2.05) is 26.0 Å². The third-order valence-corrected chi connectivity index (χ3v) is 5.86. The lowest BCUT2D eigenvalue weighted by molar-refractivity contribution is -0.204. The fourth-order valence-corrected chi connectivity index (χ4v) is 3.49. The summed E-state index contributed by atoms with van der Waals surface area (Å²) in [4.78, 5) is 0. The van der Waals surface area contributed by atoms with Gasteiger partial charge in [-0.15, -0.1) is 0 Å². The number of unbranched alkanes of at least 4 members (excludes halogenated alkanes) is 4. The van der Waals surface area contributed by atoms with Gasteiger partial charge in [0.25, 0.3) is 0 Å². The Morgan fingerprint density at radius 3 is 1.08 bits per heavy atom. The second kappa shape index (κ2) is 30.2. The van der Waals surface area contributed by atoms with Crippen LogP contribution in [0.3, 0.4) is 0 Å². The zero-order valence-corrected chi connectivity index (χ0v) is 26.2. The molecule has 0 radical (unpaired) electrons. The predicted octanol–water partition coefficient (Wildman–Crippen LogP) is 8.32. The largest absolute Gasteiger partial charge is 0.353 e. The summed E-state index contributed by atoms with van der Waals surface area (Å²) in [5, 5.41) is 0. The Morgan fingerprint density at radius 1 is 0.462 bits per heavy atom. The van der Waals surface area contributed by atoms with Crippen molar-refractivity contribution in [2.45, 2.75) is 144 Å². The summed E-state index contributed by atoms with van der Waals surface area (Å²) in [5.41, 5.74) is 0. The summed E-state index contributed by atoms with van der Waals surface area (Å²) in [7, 11) is 0. The van der Waals surface area contributed by atoms with Gasteiger partial charge in [0.15, 0.2) is 25.2 Å². The smallest absolute Gasteiger partial charge is 0.180 e. The first-order valence-electron chi connectivity index (χ1n) is 15.8. The van der Waals surface area contributed by atoms with Crippen molar-refractivity contribution < 1.29 is 33.2 Å². The molecule has 0 saturated carbocycles. The van der Waals surface area contributed by atoms with E-state index in [0.29, 0.717) is 13.2 Å². The quantitative estimate of drug-likeness (QED) is 0.0499. The van der Waals surface area contributed by atoms with Crippen LogP contribution in [-0.4, -0.2) is 64.8 Å². The first kappa shape index (κ1) is 38.2. The van der Waals surface area contributed by atoms with Crippen molar-refractivity contribution >= 4 is 0 Å². The maximum absolute atomic E-state index is 6.12. The first-order valence-corrected chi connectivity index (χ1v) is 15.8. The molecule has 0 aromatic heterocycles. The minimum atomic E-state index is -0.487. The Labute approximate surface area is 240 Å². The summed E-state index contributed by atoms with van der Waals surface area (Å²) in [6, 6.07) is 0. The molecule has 7 nitrogen and oxygen atoms in total. The molecule has 7 heteroatoms. The molecule has 2 unspecified atom stereocenters. The molecule has 0 rings (SSSR count). The molecule has 2 atom stereocenters. The van der Waals surface area contributed by atoms with Crippen molar-refractivity contribution in [1.29, 1.82) is 0 Å². The van der Waals surface area contributed by atoms with Gasteiger partial charge in [-0.2, -0.15) is 0 Å². The van der Waals surface area contributed by atoms with E-state index >= 15 is 0 Å². The molecule has 0 spiro atoms. The molecule has 0 aliphatic rings. The van der Waals surface area contributed by atoms with Gasteiger partial charge < -0.3 is 33.2 Å². The predicted molar refractivity (Wildman–Crippen MR) is 160 cm³/mol. The summed E-state index contributed by atoms with van der Waals surface area (Å²) in [6.45, 7) is 16.6. The molecule has 0 aliphatic heterocycles. The Bertz CT molecular complexity index is 475. The summed E-state index contributed by atoms with van der Waals surface area (Å²) < 4.78 is 41.5. The number of rotatable bonds is 30. The highest BCUT2D eigenvalue weighted by molar-refractivity contribution is 4.90. The SMILES string of the molecule is CCCCOC(CCC=CC(OCC)OC(C=CCCC(OCCCC)OCCCC)OCC)OCCCC. The Kier molecular flexibility index (Phi) is 29.5. The van der Waals surface area contributed by atoms with Crippen LogP contribution in [0.25, 0.3) is 0 Å².